The van der Waals surface area contributed by atoms with Crippen LogP contribution >= 0.6 is 12.4 Å². The topological polar surface area (TPSA) is 38.8 Å². The van der Waals surface area contributed by atoms with E-state index in [4.69, 9.17) is 9.47 Å². The molecule has 0 bridgehead atoms. The smallest absolute Gasteiger partial charge is 0.170 e. The van der Waals surface area contributed by atoms with Crippen molar-refractivity contribution in [2.24, 2.45) is 0 Å². The van der Waals surface area contributed by atoms with Crippen LogP contribution in [0.15, 0.2) is 12.1 Å². The number of benzene rings is 1. The Hall–Kier alpha value is -1.26. The summed E-state index contributed by atoms with van der Waals surface area (Å²) >= 11 is 0. The fourth-order valence-electron chi connectivity index (χ4n) is 3.04. The van der Waals surface area contributed by atoms with Crippen LogP contribution in [0.1, 0.15) is 62.4 Å². The Labute approximate surface area is 158 Å². The number of aryl methyl sites for hydroxylation is 1. The molecule has 0 amide bonds. The number of nitrogens with zero attached hydrogens (tertiary/aromatic N) is 1. The molecule has 0 fully saturated rings. The first-order chi connectivity index (χ1) is 11.3. The lowest BCUT2D eigenvalue weighted by Crippen LogP contribution is -2.36. The molecular formula is C20H32ClNO3. The SMILES string of the molecule is CCCCCc1cc(OCCN(C)C)cc2c1C(=O)CC(C)(C)O2.Cl. The lowest BCUT2D eigenvalue weighted by Gasteiger charge is -2.33. The van der Waals surface area contributed by atoms with Crippen molar-refractivity contribution in [2.75, 3.05) is 27.2 Å². The summed E-state index contributed by atoms with van der Waals surface area (Å²) in [5.41, 5.74) is 1.39. The molecule has 1 aromatic rings. The number of rotatable bonds is 8. The van der Waals surface area contributed by atoms with Crippen molar-refractivity contribution in [1.29, 1.82) is 0 Å². The zero-order valence-electron chi connectivity index (χ0n) is 16.2. The van der Waals surface area contributed by atoms with E-state index in [1.165, 1.54) is 12.8 Å². The summed E-state index contributed by atoms with van der Waals surface area (Å²) in [4.78, 5) is 14.7. The summed E-state index contributed by atoms with van der Waals surface area (Å²) in [6, 6.07) is 3.91. The van der Waals surface area contributed by atoms with Gasteiger partial charge in [0.25, 0.3) is 0 Å². The molecule has 1 aliphatic rings. The third-order valence-electron chi connectivity index (χ3n) is 4.27. The molecule has 1 aromatic carbocycles. The Morgan fingerprint density at radius 3 is 2.60 bits per heavy atom. The summed E-state index contributed by atoms with van der Waals surface area (Å²) in [6.45, 7) is 7.59. The van der Waals surface area contributed by atoms with Gasteiger partial charge in [-0.1, -0.05) is 19.8 Å². The molecule has 0 saturated heterocycles. The van der Waals surface area contributed by atoms with E-state index in [1.54, 1.807) is 0 Å². The summed E-state index contributed by atoms with van der Waals surface area (Å²) < 4.78 is 12.0. The quantitative estimate of drug-likeness (QED) is 0.631. The predicted octanol–water partition coefficient (Wildman–Crippen LogP) is 4.53. The van der Waals surface area contributed by atoms with Gasteiger partial charge in [-0.05, 0) is 52.4 Å². The largest absolute Gasteiger partial charge is 0.492 e. The summed E-state index contributed by atoms with van der Waals surface area (Å²) in [5.74, 6) is 1.67. The molecule has 1 aliphatic heterocycles. The van der Waals surface area contributed by atoms with Gasteiger partial charge in [0.2, 0.25) is 0 Å². The van der Waals surface area contributed by atoms with Crippen molar-refractivity contribution in [2.45, 2.75) is 58.5 Å². The minimum Gasteiger partial charge on any atom is -0.492 e. The van der Waals surface area contributed by atoms with Crippen LogP contribution in [-0.4, -0.2) is 43.5 Å². The average molecular weight is 370 g/mol. The zero-order valence-corrected chi connectivity index (χ0v) is 17.0. The second-order valence-electron chi connectivity index (χ2n) is 7.53. The molecule has 0 unspecified atom stereocenters. The maximum absolute atomic E-state index is 12.6. The molecule has 0 N–H and O–H groups in total. The van der Waals surface area contributed by atoms with Crippen molar-refractivity contribution < 1.29 is 14.3 Å². The molecule has 0 radical (unpaired) electrons. The van der Waals surface area contributed by atoms with Gasteiger partial charge in [-0.15, -0.1) is 12.4 Å². The first-order valence-electron chi connectivity index (χ1n) is 8.99. The molecule has 0 aromatic heterocycles. The maximum Gasteiger partial charge on any atom is 0.170 e. The Morgan fingerprint density at radius 1 is 1.24 bits per heavy atom. The molecule has 5 heteroatoms. The van der Waals surface area contributed by atoms with Gasteiger partial charge < -0.3 is 14.4 Å². The van der Waals surface area contributed by atoms with Crippen LogP contribution in [0.5, 0.6) is 11.5 Å². The third-order valence-corrected chi connectivity index (χ3v) is 4.27. The second-order valence-corrected chi connectivity index (χ2v) is 7.53. The van der Waals surface area contributed by atoms with Gasteiger partial charge in [-0.2, -0.15) is 0 Å². The lowest BCUT2D eigenvalue weighted by molar-refractivity contribution is 0.0616. The Morgan fingerprint density at radius 2 is 1.96 bits per heavy atom. The van der Waals surface area contributed by atoms with E-state index in [2.05, 4.69) is 11.8 Å². The molecule has 2 rings (SSSR count). The van der Waals surface area contributed by atoms with Crippen LogP contribution in [0.4, 0.5) is 0 Å². The van der Waals surface area contributed by atoms with Gasteiger partial charge in [0.05, 0.1) is 12.0 Å². The molecule has 0 spiro atoms. The molecule has 142 valence electrons. The molecule has 4 nitrogen and oxygen atoms in total. The van der Waals surface area contributed by atoms with Crippen molar-refractivity contribution in [1.82, 2.24) is 4.90 Å². The van der Waals surface area contributed by atoms with Crippen LogP contribution in [0.3, 0.4) is 0 Å². The van der Waals surface area contributed by atoms with Crippen molar-refractivity contribution in [3.8, 4) is 11.5 Å². The first-order valence-corrected chi connectivity index (χ1v) is 8.99. The Bertz CT molecular complexity index is 585. The van der Waals surface area contributed by atoms with Crippen molar-refractivity contribution >= 4 is 18.2 Å². The van der Waals surface area contributed by atoms with E-state index in [0.717, 1.165) is 36.3 Å². The van der Waals surface area contributed by atoms with Crippen LogP contribution in [-0.2, 0) is 6.42 Å². The fraction of sp³-hybridized carbons (Fsp3) is 0.650. The average Bonchev–Trinajstić information content (AvgIpc) is 2.45. The molecule has 0 aliphatic carbocycles. The van der Waals surface area contributed by atoms with E-state index >= 15 is 0 Å². The number of carbonyl (C=O) groups excluding carboxylic acids is 1. The van der Waals surface area contributed by atoms with Gasteiger partial charge in [0.1, 0.15) is 23.7 Å². The van der Waals surface area contributed by atoms with Gasteiger partial charge in [0, 0.05) is 12.6 Å². The minimum atomic E-state index is -0.451. The number of Topliss-reactive ketones (excluding diaryl/α,β-unsaturated/α-hetero) is 1. The Kier molecular flexibility index (Phi) is 8.23. The van der Waals surface area contributed by atoms with Crippen LogP contribution in [0.25, 0.3) is 0 Å². The van der Waals surface area contributed by atoms with Crippen LogP contribution in [0, 0.1) is 0 Å². The summed E-state index contributed by atoms with van der Waals surface area (Å²) in [6.07, 6.45) is 4.75. The zero-order chi connectivity index (χ0) is 17.7. The molecule has 1 heterocycles. The number of likely N-dealkylation sites (N-methyl/N-ethyl adjacent to an activating group) is 1. The molecule has 25 heavy (non-hydrogen) atoms. The minimum absolute atomic E-state index is 0. The highest BCUT2D eigenvalue weighted by Gasteiger charge is 2.34. The number of halogens is 1. The maximum atomic E-state index is 12.6. The highest BCUT2D eigenvalue weighted by atomic mass is 35.5. The van der Waals surface area contributed by atoms with E-state index in [1.807, 2.05) is 40.1 Å². The number of hydrogen-bond donors (Lipinski definition) is 0. The van der Waals surface area contributed by atoms with E-state index in [9.17, 15) is 4.79 Å². The highest BCUT2D eigenvalue weighted by molar-refractivity contribution is 6.02. The van der Waals surface area contributed by atoms with E-state index < -0.39 is 5.60 Å². The number of fused-ring (bicyclic) bond motifs is 1. The number of carbonyl (C=O) groups is 1. The highest BCUT2D eigenvalue weighted by Crippen LogP contribution is 2.38. The van der Waals surface area contributed by atoms with Gasteiger partial charge in [0.15, 0.2) is 5.78 Å². The molecule has 0 saturated carbocycles. The Balaban J connectivity index is 0.00000312. The number of unbranched alkanes of at least 4 members (excludes halogenated alkanes) is 2. The fourth-order valence-corrected chi connectivity index (χ4v) is 3.04. The van der Waals surface area contributed by atoms with Gasteiger partial charge >= 0.3 is 0 Å². The normalized spacial score (nSPS) is 15.4. The number of hydrogen-bond acceptors (Lipinski definition) is 4. The predicted molar refractivity (Wildman–Crippen MR) is 105 cm³/mol. The standard InChI is InChI=1S/C20H31NO3.ClH/c1-6-7-8-9-15-12-16(23-11-10-21(4)5)13-18-19(15)17(22)14-20(2,3)24-18;/h12-13H,6-11,14H2,1-5H3;1H. The number of ether oxygens (including phenoxy) is 2. The molecule has 0 atom stereocenters. The van der Waals surface area contributed by atoms with E-state index in [-0.39, 0.29) is 18.2 Å². The molecular weight excluding hydrogens is 338 g/mol. The van der Waals surface area contributed by atoms with Crippen LogP contribution in [0.2, 0.25) is 0 Å². The second kappa shape index (κ2) is 9.44. The van der Waals surface area contributed by atoms with Crippen molar-refractivity contribution in [3.63, 3.8) is 0 Å². The lowest BCUT2D eigenvalue weighted by atomic mass is 9.88. The summed E-state index contributed by atoms with van der Waals surface area (Å²) in [5, 5.41) is 0. The summed E-state index contributed by atoms with van der Waals surface area (Å²) in [7, 11) is 4.05. The van der Waals surface area contributed by atoms with Gasteiger partial charge in [-0.25, -0.2) is 0 Å². The third kappa shape index (κ3) is 6.19. The monoisotopic (exact) mass is 369 g/mol. The first kappa shape index (κ1) is 21.8. The van der Waals surface area contributed by atoms with E-state index in [0.29, 0.717) is 18.8 Å². The number of ketones is 1. The van der Waals surface area contributed by atoms with Crippen LogP contribution < -0.4 is 9.47 Å². The van der Waals surface area contributed by atoms with Crippen molar-refractivity contribution in [3.05, 3.63) is 23.3 Å². The van der Waals surface area contributed by atoms with Gasteiger partial charge in [-0.3, -0.25) is 4.79 Å².